The highest BCUT2D eigenvalue weighted by atomic mass is 19.1. The first-order valence-electron chi connectivity index (χ1n) is 9.76. The second kappa shape index (κ2) is 8.62. The van der Waals surface area contributed by atoms with E-state index in [1.807, 2.05) is 6.07 Å². The molecule has 0 radical (unpaired) electrons. The molecule has 1 aliphatic rings. The molecule has 8 heteroatoms. The smallest absolute Gasteiger partial charge is 0.338 e. The molecular weight excluding hydrogens is 387 g/mol. The maximum atomic E-state index is 13.9. The quantitative estimate of drug-likeness (QED) is 0.647. The standard InChI is InChI=1S/C22H23FN4O3/c1-14-15(4-3-5-17(14)23)12-24-18-10-16(22(28)29-2)11-19-21(18)26-20(13-25-19)27-6-8-30-9-7-27/h3-5,10-11,13,24H,6-9,12H2,1-2H3. The van der Waals surface area contributed by atoms with Gasteiger partial charge in [0.05, 0.1) is 43.3 Å². The van der Waals surface area contributed by atoms with Crippen LogP contribution in [0.2, 0.25) is 0 Å². The number of morpholine rings is 1. The predicted octanol–water partition coefficient (Wildman–Crippen LogP) is 3.31. The zero-order valence-corrected chi connectivity index (χ0v) is 16.9. The van der Waals surface area contributed by atoms with Crippen molar-refractivity contribution in [1.82, 2.24) is 9.97 Å². The van der Waals surface area contributed by atoms with Gasteiger partial charge in [0.25, 0.3) is 0 Å². The number of benzene rings is 2. The molecular formula is C22H23FN4O3. The van der Waals surface area contributed by atoms with Crippen molar-refractivity contribution in [2.45, 2.75) is 13.5 Å². The van der Waals surface area contributed by atoms with Crippen LogP contribution in [-0.4, -0.2) is 49.4 Å². The Morgan fingerprint density at radius 1 is 1.30 bits per heavy atom. The van der Waals surface area contributed by atoms with Crippen LogP contribution in [0.15, 0.2) is 36.5 Å². The Morgan fingerprint density at radius 2 is 2.10 bits per heavy atom. The zero-order chi connectivity index (χ0) is 21.1. The monoisotopic (exact) mass is 410 g/mol. The summed E-state index contributed by atoms with van der Waals surface area (Å²) in [5, 5.41) is 3.30. The van der Waals surface area contributed by atoms with Gasteiger partial charge in [0, 0.05) is 19.6 Å². The van der Waals surface area contributed by atoms with Gasteiger partial charge in [0.2, 0.25) is 0 Å². The number of hydrogen-bond acceptors (Lipinski definition) is 7. The maximum Gasteiger partial charge on any atom is 0.338 e. The third kappa shape index (κ3) is 4.04. The Balaban J connectivity index is 1.73. The van der Waals surface area contributed by atoms with E-state index in [1.54, 1.807) is 31.3 Å². The number of fused-ring (bicyclic) bond motifs is 1. The SMILES string of the molecule is COC(=O)c1cc(NCc2cccc(F)c2C)c2nc(N3CCOCC3)cnc2c1. The number of nitrogens with zero attached hydrogens (tertiary/aromatic N) is 3. The first-order valence-corrected chi connectivity index (χ1v) is 9.76. The number of halogens is 1. The molecule has 0 aliphatic carbocycles. The minimum Gasteiger partial charge on any atom is -0.465 e. The summed E-state index contributed by atoms with van der Waals surface area (Å²) < 4.78 is 24.2. The minimum absolute atomic E-state index is 0.253. The van der Waals surface area contributed by atoms with Crippen LogP contribution in [0.3, 0.4) is 0 Å². The highest BCUT2D eigenvalue weighted by Crippen LogP contribution is 2.27. The van der Waals surface area contributed by atoms with E-state index in [1.165, 1.54) is 13.2 Å². The van der Waals surface area contributed by atoms with Crippen LogP contribution in [0.1, 0.15) is 21.5 Å². The fourth-order valence-corrected chi connectivity index (χ4v) is 3.46. The molecule has 0 atom stereocenters. The summed E-state index contributed by atoms with van der Waals surface area (Å²) in [7, 11) is 1.34. The van der Waals surface area contributed by atoms with Crippen LogP contribution in [0.4, 0.5) is 15.9 Å². The number of anilines is 2. The lowest BCUT2D eigenvalue weighted by molar-refractivity contribution is 0.0601. The Bertz CT molecular complexity index is 1080. The molecule has 2 aromatic carbocycles. The van der Waals surface area contributed by atoms with E-state index in [0.29, 0.717) is 47.6 Å². The van der Waals surface area contributed by atoms with Crippen LogP contribution in [0, 0.1) is 12.7 Å². The van der Waals surface area contributed by atoms with Gasteiger partial charge in [-0.05, 0) is 36.2 Å². The van der Waals surface area contributed by atoms with Crippen molar-refractivity contribution in [2.24, 2.45) is 0 Å². The second-order valence-electron chi connectivity index (χ2n) is 7.09. The number of nitrogens with one attached hydrogen (secondary N) is 1. The molecule has 1 N–H and O–H groups in total. The third-order valence-electron chi connectivity index (χ3n) is 5.24. The summed E-state index contributed by atoms with van der Waals surface area (Å²) in [5.41, 5.74) is 3.63. The van der Waals surface area contributed by atoms with Crippen LogP contribution < -0.4 is 10.2 Å². The van der Waals surface area contributed by atoms with Crippen LogP contribution in [0.25, 0.3) is 11.0 Å². The van der Waals surface area contributed by atoms with E-state index < -0.39 is 5.97 Å². The van der Waals surface area contributed by atoms with E-state index in [4.69, 9.17) is 14.5 Å². The fraction of sp³-hybridized carbons (Fsp3) is 0.318. The lowest BCUT2D eigenvalue weighted by atomic mass is 10.1. The highest BCUT2D eigenvalue weighted by Gasteiger charge is 2.17. The number of rotatable bonds is 5. The number of aromatic nitrogens is 2. The van der Waals surface area contributed by atoms with E-state index >= 15 is 0 Å². The first-order chi connectivity index (χ1) is 14.6. The van der Waals surface area contributed by atoms with Crippen molar-refractivity contribution in [3.63, 3.8) is 0 Å². The molecule has 1 saturated heterocycles. The normalized spacial score (nSPS) is 14.0. The molecule has 30 heavy (non-hydrogen) atoms. The van der Waals surface area contributed by atoms with Crippen LogP contribution in [-0.2, 0) is 16.0 Å². The molecule has 7 nitrogen and oxygen atoms in total. The number of ether oxygens (including phenoxy) is 2. The van der Waals surface area contributed by atoms with Gasteiger partial charge >= 0.3 is 5.97 Å². The molecule has 4 rings (SSSR count). The number of carbonyl (C=O) groups excluding carboxylic acids is 1. The zero-order valence-electron chi connectivity index (χ0n) is 16.9. The van der Waals surface area contributed by atoms with E-state index in [-0.39, 0.29) is 5.82 Å². The van der Waals surface area contributed by atoms with Gasteiger partial charge < -0.3 is 19.7 Å². The van der Waals surface area contributed by atoms with Gasteiger partial charge in [-0.15, -0.1) is 0 Å². The Morgan fingerprint density at radius 3 is 2.87 bits per heavy atom. The van der Waals surface area contributed by atoms with Gasteiger partial charge in [-0.3, -0.25) is 4.98 Å². The lowest BCUT2D eigenvalue weighted by Crippen LogP contribution is -2.36. The van der Waals surface area contributed by atoms with Crippen LogP contribution >= 0.6 is 0 Å². The van der Waals surface area contributed by atoms with Crippen molar-refractivity contribution >= 4 is 28.5 Å². The Hall–Kier alpha value is -3.26. The van der Waals surface area contributed by atoms with Crippen molar-refractivity contribution in [3.8, 4) is 0 Å². The summed E-state index contributed by atoms with van der Waals surface area (Å²) >= 11 is 0. The molecule has 156 valence electrons. The summed E-state index contributed by atoms with van der Waals surface area (Å²) in [6, 6.07) is 8.34. The fourth-order valence-electron chi connectivity index (χ4n) is 3.46. The second-order valence-corrected chi connectivity index (χ2v) is 7.09. The number of carbonyl (C=O) groups is 1. The van der Waals surface area contributed by atoms with Crippen molar-refractivity contribution < 1.29 is 18.7 Å². The average molecular weight is 410 g/mol. The van der Waals surface area contributed by atoms with Crippen molar-refractivity contribution in [3.05, 3.63) is 59.0 Å². The van der Waals surface area contributed by atoms with Crippen molar-refractivity contribution in [2.75, 3.05) is 43.6 Å². The number of esters is 1. The van der Waals surface area contributed by atoms with E-state index in [2.05, 4.69) is 15.2 Å². The van der Waals surface area contributed by atoms with Gasteiger partial charge in [-0.2, -0.15) is 0 Å². The third-order valence-corrected chi connectivity index (χ3v) is 5.24. The molecule has 0 unspecified atom stereocenters. The van der Waals surface area contributed by atoms with E-state index in [0.717, 1.165) is 24.5 Å². The van der Waals surface area contributed by atoms with Gasteiger partial charge in [-0.25, -0.2) is 14.2 Å². The first kappa shape index (κ1) is 20.0. The average Bonchev–Trinajstić information content (AvgIpc) is 2.79. The van der Waals surface area contributed by atoms with E-state index in [9.17, 15) is 9.18 Å². The molecule has 3 aromatic rings. The predicted molar refractivity (Wildman–Crippen MR) is 112 cm³/mol. The summed E-state index contributed by atoms with van der Waals surface area (Å²) in [4.78, 5) is 23.6. The van der Waals surface area contributed by atoms with Gasteiger partial charge in [0.1, 0.15) is 17.2 Å². The highest BCUT2D eigenvalue weighted by molar-refractivity contribution is 5.99. The minimum atomic E-state index is -0.457. The van der Waals surface area contributed by atoms with Gasteiger partial charge in [0.15, 0.2) is 0 Å². The summed E-state index contributed by atoms with van der Waals surface area (Å²) in [6.45, 7) is 4.89. The number of hydrogen-bond donors (Lipinski definition) is 1. The molecule has 0 amide bonds. The molecule has 1 fully saturated rings. The number of methoxy groups -OCH3 is 1. The molecule has 1 aromatic heterocycles. The summed E-state index contributed by atoms with van der Waals surface area (Å²) in [5.74, 6) is 0.0411. The maximum absolute atomic E-state index is 13.9. The summed E-state index contributed by atoms with van der Waals surface area (Å²) in [6.07, 6.45) is 1.70. The molecule has 0 saturated carbocycles. The Kier molecular flexibility index (Phi) is 5.76. The largest absolute Gasteiger partial charge is 0.465 e. The molecule has 2 heterocycles. The molecule has 0 bridgehead atoms. The van der Waals surface area contributed by atoms with Crippen molar-refractivity contribution in [1.29, 1.82) is 0 Å². The van der Waals surface area contributed by atoms with Gasteiger partial charge in [-0.1, -0.05) is 12.1 Å². The molecule has 0 spiro atoms. The lowest BCUT2D eigenvalue weighted by Gasteiger charge is -2.27. The molecule has 1 aliphatic heterocycles. The van der Waals surface area contributed by atoms with Crippen LogP contribution in [0.5, 0.6) is 0 Å². The topological polar surface area (TPSA) is 76.6 Å². The Labute approximate surface area is 173 Å².